The van der Waals surface area contributed by atoms with Gasteiger partial charge in [-0.3, -0.25) is 0 Å². The van der Waals surface area contributed by atoms with Crippen molar-refractivity contribution >= 4 is 49.2 Å². The number of aliphatic hydroxyl groups excluding tert-OH is 1. The summed E-state index contributed by atoms with van der Waals surface area (Å²) in [5.74, 6) is 0. The molecule has 2 rings (SSSR count). The third-order valence-corrected chi connectivity index (χ3v) is 3.72. The number of rotatable bonds is 2. The first-order valence-corrected chi connectivity index (χ1v) is 7.86. The summed E-state index contributed by atoms with van der Waals surface area (Å²) < 4.78 is 0.931. The number of pyridine rings is 1. The summed E-state index contributed by atoms with van der Waals surface area (Å²) in [6.07, 6.45) is 1.59. The van der Waals surface area contributed by atoms with Crippen LogP contribution < -0.4 is 17.0 Å². The summed E-state index contributed by atoms with van der Waals surface area (Å²) in [4.78, 5) is 4.29. The molecule has 1 saturated carbocycles. The fraction of sp³-hybridized carbons (Fsp3) is 0.545. The Bertz CT molecular complexity index is 372. The Balaban J connectivity index is 0.000000811. The molecule has 92 valence electrons. The summed E-state index contributed by atoms with van der Waals surface area (Å²) in [5.41, 5.74) is 0.726. The second-order valence-electron chi connectivity index (χ2n) is 3.80. The van der Waals surface area contributed by atoms with Gasteiger partial charge in [0.2, 0.25) is 0 Å². The van der Waals surface area contributed by atoms with E-state index in [-0.39, 0.29) is 28.5 Å². The quantitative estimate of drug-likeness (QED) is 0.570. The van der Waals surface area contributed by atoms with Gasteiger partial charge in [0.25, 0.3) is 0 Å². The van der Waals surface area contributed by atoms with E-state index in [9.17, 15) is 5.11 Å². The van der Waals surface area contributed by atoms with Crippen LogP contribution in [-0.4, -0.2) is 37.9 Å². The fourth-order valence-electron chi connectivity index (χ4n) is 1.75. The number of hydrogen-bond acceptors (Lipinski definition) is 2. The van der Waals surface area contributed by atoms with Crippen LogP contribution in [0.5, 0.6) is 0 Å². The topological polar surface area (TPSA) is 33.1 Å². The third-order valence-electron chi connectivity index (χ3n) is 2.87. The summed E-state index contributed by atoms with van der Waals surface area (Å²) in [5, 5.41) is 12.2. The Labute approximate surface area is 139 Å². The van der Waals surface area contributed by atoms with Crippen LogP contribution in [0.4, 0.5) is 0 Å². The molecule has 1 aromatic rings. The molecule has 1 aromatic heterocycles. The summed E-state index contributed by atoms with van der Waals surface area (Å²) in [6.45, 7) is 1.81. The van der Waals surface area contributed by atoms with E-state index in [1.54, 1.807) is 6.07 Å². The molecule has 1 aliphatic rings. The molecule has 17 heavy (non-hydrogen) atoms. The number of aromatic nitrogens is 1. The predicted octanol–water partition coefficient (Wildman–Crippen LogP) is 0.117. The van der Waals surface area contributed by atoms with Crippen molar-refractivity contribution in [2.75, 3.05) is 0 Å². The van der Waals surface area contributed by atoms with Gasteiger partial charge in [-0.1, -0.05) is 11.6 Å². The zero-order valence-corrected chi connectivity index (χ0v) is 15.2. The summed E-state index contributed by atoms with van der Waals surface area (Å²) in [6, 6.07) is 3.63. The molecule has 2 nitrogen and oxygen atoms in total. The summed E-state index contributed by atoms with van der Waals surface area (Å²) in [7, 11) is 0. The van der Waals surface area contributed by atoms with Gasteiger partial charge in [-0.2, -0.15) is 0 Å². The normalized spacial score (nSPS) is 17.4. The molecule has 1 atom stereocenters. The fourth-order valence-corrected chi connectivity index (χ4v) is 2.52. The first-order chi connectivity index (χ1) is 7.56. The molecule has 1 N–H and O–H groups in total. The second-order valence-corrected chi connectivity index (χ2v) is 5.04. The van der Waals surface area contributed by atoms with Crippen molar-refractivity contribution in [2.24, 2.45) is 0 Å². The minimum absolute atomic E-state index is 0. The van der Waals surface area contributed by atoms with Crippen molar-refractivity contribution in [3.05, 3.63) is 27.5 Å². The molecule has 1 heterocycles. The van der Waals surface area contributed by atoms with Crippen molar-refractivity contribution in [1.29, 1.82) is 0 Å². The molecule has 6 heteroatoms. The van der Waals surface area contributed by atoms with Gasteiger partial charge in [0, 0.05) is 9.89 Å². The second kappa shape index (κ2) is 7.65. The zero-order chi connectivity index (χ0) is 12.3. The van der Waals surface area contributed by atoms with Gasteiger partial charge in [0.1, 0.15) is 5.15 Å². The van der Waals surface area contributed by atoms with Crippen molar-refractivity contribution < 1.29 is 22.1 Å². The van der Waals surface area contributed by atoms with Crippen molar-refractivity contribution in [2.45, 2.75) is 36.3 Å². The Morgan fingerprint density at radius 3 is 2.41 bits per heavy atom. The van der Waals surface area contributed by atoms with Crippen LogP contribution in [0.3, 0.4) is 0 Å². The van der Waals surface area contributed by atoms with Gasteiger partial charge in [-0.25, -0.2) is 4.98 Å². The average molecular weight is 396 g/mol. The van der Waals surface area contributed by atoms with E-state index in [0.29, 0.717) is 5.15 Å². The van der Waals surface area contributed by atoms with Crippen LogP contribution in [0.15, 0.2) is 16.6 Å². The maximum atomic E-state index is 9.71. The molecule has 0 radical (unpaired) electrons. The molecule has 0 saturated heterocycles. The van der Waals surface area contributed by atoms with Crippen LogP contribution in [0, 0.1) is 0 Å². The molecule has 0 bridgehead atoms. The molecule has 0 aromatic carbocycles. The van der Waals surface area contributed by atoms with Crippen LogP contribution in [0.2, 0.25) is 10.2 Å². The average Bonchev–Trinajstić information content (AvgIpc) is 3.06. The van der Waals surface area contributed by atoms with Gasteiger partial charge in [-0.15, -0.1) is 0 Å². The van der Waals surface area contributed by atoms with Crippen LogP contribution >= 0.6 is 27.5 Å². The van der Waals surface area contributed by atoms with E-state index in [1.807, 2.05) is 39.8 Å². The molecule has 1 fully saturated rings. The van der Waals surface area contributed by atoms with E-state index in [0.717, 1.165) is 23.0 Å². The first kappa shape index (κ1) is 18.1. The number of halogens is 3. The molecular formula is C11H14Br2ClMgNO. The van der Waals surface area contributed by atoms with Crippen molar-refractivity contribution in [3.8, 4) is 0 Å². The Kier molecular flexibility index (Phi) is 8.16. The van der Waals surface area contributed by atoms with Gasteiger partial charge < -0.3 is 22.1 Å². The van der Waals surface area contributed by atoms with Crippen LogP contribution in [0.1, 0.15) is 25.5 Å². The molecule has 0 amide bonds. The number of aliphatic hydroxyl groups is 1. The molecule has 1 unspecified atom stereocenters. The summed E-state index contributed by atoms with van der Waals surface area (Å²) >= 11 is 11.1. The monoisotopic (exact) mass is 393 g/mol. The van der Waals surface area contributed by atoms with Gasteiger partial charge >= 0.3 is 26.8 Å². The molecule has 1 aliphatic carbocycles. The molecule has 0 spiro atoms. The third kappa shape index (κ3) is 4.04. The van der Waals surface area contributed by atoms with Crippen molar-refractivity contribution in [3.63, 3.8) is 0 Å². The Morgan fingerprint density at radius 2 is 2.00 bits per heavy atom. The first-order valence-electron chi connectivity index (χ1n) is 5.27. The minimum atomic E-state index is -0.371. The van der Waals surface area contributed by atoms with E-state index >= 15 is 0 Å². The van der Waals surface area contributed by atoms with Crippen molar-refractivity contribution in [1.82, 2.24) is 4.98 Å². The standard InChI is InChI=1S/C10H11BrClNO.CH3.BrH.Mg/c1-6(14)10(4-5-10)9-7(11)2-3-8(12)13-9;;;/h2-3,6,14H,4-5H2,1H3;1H3;1H;/q;;;+1/p-1. The van der Waals surface area contributed by atoms with E-state index in [2.05, 4.69) is 20.9 Å². The van der Waals surface area contributed by atoms with Gasteiger partial charge in [0.05, 0.1) is 11.8 Å². The van der Waals surface area contributed by atoms with Gasteiger partial charge in [0.15, 0.2) is 0 Å². The molecule has 0 aliphatic heterocycles. The van der Waals surface area contributed by atoms with E-state index in [1.165, 1.54) is 0 Å². The number of nitrogens with zero attached hydrogens (tertiary/aromatic N) is 1. The Morgan fingerprint density at radius 1 is 1.47 bits per heavy atom. The van der Waals surface area contributed by atoms with E-state index < -0.39 is 0 Å². The SMILES string of the molecule is CC(O)C1(c2nc(Cl)ccc2Br)CC1.[Br-].[CH3][Mg+]. The van der Waals surface area contributed by atoms with Crippen LogP contribution in [-0.2, 0) is 5.41 Å². The predicted molar refractivity (Wildman–Crippen MR) is 71.2 cm³/mol. The zero-order valence-electron chi connectivity index (χ0n) is 9.88. The number of hydrogen-bond donors (Lipinski definition) is 1. The molecular weight excluding hydrogens is 382 g/mol. The Hall–Kier alpha value is 1.13. The van der Waals surface area contributed by atoms with E-state index in [4.69, 9.17) is 11.6 Å². The van der Waals surface area contributed by atoms with Gasteiger partial charge in [-0.05, 0) is 47.8 Å². The maximum absolute atomic E-state index is 9.71. The van der Waals surface area contributed by atoms with Crippen LogP contribution in [0.25, 0.3) is 0 Å².